The Bertz CT molecular complexity index is 2370. The van der Waals surface area contributed by atoms with Gasteiger partial charge in [-0.2, -0.15) is 0 Å². The van der Waals surface area contributed by atoms with Crippen molar-refractivity contribution in [3.8, 4) is 138 Å². The van der Waals surface area contributed by atoms with Gasteiger partial charge in [0.25, 0.3) is 0 Å². The van der Waals surface area contributed by atoms with Gasteiger partial charge < -0.3 is 90.4 Å². The number of hydrogen-bond acceptors (Lipinski definition) is 18. The summed E-state index contributed by atoms with van der Waals surface area (Å²) in [4.78, 5) is 0. The van der Waals surface area contributed by atoms with Gasteiger partial charge in [-0.15, -0.1) is 0 Å². The SMILES string of the molecule is Oc1cc(O)cc(Oc2c(Oc3c(O)cc(O)cc3O)cc(O)cc2Oc2c(O)cc(Oc3c(O)cc(O)c(-c4c(O)cc(O)cc4O)c3O)cc2O)c1. The van der Waals surface area contributed by atoms with Crippen molar-refractivity contribution in [3.05, 3.63) is 72.8 Å². The van der Waals surface area contributed by atoms with E-state index in [1.165, 1.54) is 0 Å². The van der Waals surface area contributed by atoms with E-state index in [-0.39, 0.29) is 5.75 Å². The smallest absolute Gasteiger partial charge is 0.212 e. The maximum absolute atomic E-state index is 11.0. The van der Waals surface area contributed by atoms with E-state index < -0.39 is 132 Å². The van der Waals surface area contributed by atoms with Gasteiger partial charge in [0.2, 0.25) is 23.0 Å². The zero-order valence-corrected chi connectivity index (χ0v) is 26.8. The van der Waals surface area contributed by atoms with Crippen LogP contribution in [0.4, 0.5) is 0 Å². The molecular weight excluding hydrogens is 720 g/mol. The first kappa shape index (κ1) is 35.5. The van der Waals surface area contributed by atoms with Crippen LogP contribution in [0.15, 0.2) is 72.8 Å². The van der Waals surface area contributed by atoms with E-state index in [1.54, 1.807) is 0 Å². The Kier molecular flexibility index (Phi) is 8.85. The number of phenolic OH excluding ortho intramolecular Hbond substituents is 14. The predicted molar refractivity (Wildman–Crippen MR) is 181 cm³/mol. The van der Waals surface area contributed by atoms with Crippen molar-refractivity contribution in [1.29, 1.82) is 0 Å². The molecule has 0 aliphatic heterocycles. The molecule has 18 nitrogen and oxygen atoms in total. The molecule has 0 saturated heterocycles. The third-order valence-corrected chi connectivity index (χ3v) is 7.35. The second-order valence-corrected chi connectivity index (χ2v) is 11.3. The minimum absolute atomic E-state index is 0.258. The lowest BCUT2D eigenvalue weighted by Crippen LogP contribution is -1.96. The molecule has 0 heterocycles. The molecule has 0 saturated carbocycles. The first-order chi connectivity index (χ1) is 25.5. The van der Waals surface area contributed by atoms with Crippen LogP contribution in [0.3, 0.4) is 0 Å². The molecule has 54 heavy (non-hydrogen) atoms. The Hall–Kier alpha value is -8.28. The van der Waals surface area contributed by atoms with Gasteiger partial charge in [-0.3, -0.25) is 0 Å². The average Bonchev–Trinajstić information content (AvgIpc) is 3.04. The summed E-state index contributed by atoms with van der Waals surface area (Å²) in [7, 11) is 0. The molecule has 0 aromatic heterocycles. The molecule has 0 atom stereocenters. The summed E-state index contributed by atoms with van der Waals surface area (Å²) < 4.78 is 22.6. The van der Waals surface area contributed by atoms with Gasteiger partial charge in [-0.05, 0) is 0 Å². The lowest BCUT2D eigenvalue weighted by atomic mass is 10.00. The fourth-order valence-corrected chi connectivity index (χ4v) is 5.15. The van der Waals surface area contributed by atoms with Gasteiger partial charge in [0.15, 0.2) is 46.0 Å². The van der Waals surface area contributed by atoms with E-state index in [1.807, 2.05) is 0 Å². The highest BCUT2D eigenvalue weighted by Gasteiger charge is 2.28. The van der Waals surface area contributed by atoms with Crippen molar-refractivity contribution >= 4 is 0 Å². The van der Waals surface area contributed by atoms with E-state index in [9.17, 15) is 71.5 Å². The van der Waals surface area contributed by atoms with Gasteiger partial charge in [0.1, 0.15) is 57.5 Å². The van der Waals surface area contributed by atoms with Crippen molar-refractivity contribution in [2.75, 3.05) is 0 Å². The normalized spacial score (nSPS) is 10.9. The summed E-state index contributed by atoms with van der Waals surface area (Å²) in [6, 6.07) is 10.4. The van der Waals surface area contributed by atoms with Crippen molar-refractivity contribution in [2.24, 2.45) is 0 Å². The van der Waals surface area contributed by atoms with Gasteiger partial charge in [0, 0.05) is 72.8 Å². The Morgan fingerprint density at radius 2 is 0.611 bits per heavy atom. The molecule has 0 spiro atoms. The molecule has 0 aliphatic carbocycles. The van der Waals surface area contributed by atoms with Crippen LogP contribution in [0.1, 0.15) is 0 Å². The molecule has 0 aliphatic rings. The van der Waals surface area contributed by atoms with Crippen LogP contribution in [-0.2, 0) is 0 Å². The molecule has 0 amide bonds. The van der Waals surface area contributed by atoms with Crippen LogP contribution in [0.25, 0.3) is 11.1 Å². The fraction of sp³-hybridized carbons (Fsp3) is 0. The second-order valence-electron chi connectivity index (χ2n) is 11.3. The molecule has 18 heteroatoms. The Balaban J connectivity index is 1.41. The Labute approximate surface area is 300 Å². The van der Waals surface area contributed by atoms with Crippen LogP contribution in [0.5, 0.6) is 126 Å². The van der Waals surface area contributed by atoms with Gasteiger partial charge in [-0.1, -0.05) is 0 Å². The van der Waals surface area contributed by atoms with E-state index in [4.69, 9.17) is 18.9 Å². The molecular formula is C36H26O18. The third kappa shape index (κ3) is 6.88. The molecule has 14 N–H and O–H groups in total. The second kappa shape index (κ2) is 13.5. The van der Waals surface area contributed by atoms with Gasteiger partial charge in [0.05, 0.1) is 11.1 Å². The van der Waals surface area contributed by atoms with E-state index in [2.05, 4.69) is 0 Å². The van der Waals surface area contributed by atoms with Crippen molar-refractivity contribution in [2.45, 2.75) is 0 Å². The molecule has 278 valence electrons. The third-order valence-electron chi connectivity index (χ3n) is 7.35. The average molecular weight is 747 g/mol. The Morgan fingerprint density at radius 1 is 0.259 bits per heavy atom. The minimum atomic E-state index is -1.04. The first-order valence-corrected chi connectivity index (χ1v) is 14.9. The molecule has 0 fully saturated rings. The summed E-state index contributed by atoms with van der Waals surface area (Å²) in [6.45, 7) is 0. The van der Waals surface area contributed by atoms with Gasteiger partial charge in [-0.25, -0.2) is 0 Å². The Morgan fingerprint density at radius 3 is 1.11 bits per heavy atom. The number of rotatable bonds is 9. The zero-order chi connectivity index (χ0) is 39.2. The van der Waals surface area contributed by atoms with Crippen LogP contribution in [-0.4, -0.2) is 71.5 Å². The van der Waals surface area contributed by atoms with Crippen molar-refractivity contribution in [3.63, 3.8) is 0 Å². The summed E-state index contributed by atoms with van der Waals surface area (Å²) in [6.07, 6.45) is 0. The number of aromatic hydroxyl groups is 14. The van der Waals surface area contributed by atoms with E-state index in [0.717, 1.165) is 66.7 Å². The number of hydrogen-bond donors (Lipinski definition) is 14. The largest absolute Gasteiger partial charge is 0.508 e. The van der Waals surface area contributed by atoms with Crippen LogP contribution in [0.2, 0.25) is 0 Å². The molecule has 0 radical (unpaired) electrons. The van der Waals surface area contributed by atoms with Crippen LogP contribution in [0, 0.1) is 0 Å². The number of phenols is 14. The van der Waals surface area contributed by atoms with Gasteiger partial charge >= 0.3 is 0 Å². The molecule has 6 aromatic carbocycles. The fourth-order valence-electron chi connectivity index (χ4n) is 5.15. The zero-order valence-electron chi connectivity index (χ0n) is 26.8. The molecule has 6 rings (SSSR count). The van der Waals surface area contributed by atoms with Crippen molar-refractivity contribution in [1.82, 2.24) is 0 Å². The molecule has 6 aromatic rings. The summed E-state index contributed by atoms with van der Waals surface area (Å²) >= 11 is 0. The monoisotopic (exact) mass is 746 g/mol. The lowest BCUT2D eigenvalue weighted by Gasteiger charge is -2.19. The van der Waals surface area contributed by atoms with Crippen molar-refractivity contribution < 1.29 is 90.4 Å². The highest BCUT2D eigenvalue weighted by atomic mass is 16.6. The first-order valence-electron chi connectivity index (χ1n) is 14.9. The number of benzene rings is 6. The minimum Gasteiger partial charge on any atom is -0.508 e. The summed E-state index contributed by atoms with van der Waals surface area (Å²) in [5.41, 5.74) is -1.21. The predicted octanol–water partition coefficient (Wildman–Crippen LogP) is 6.40. The van der Waals surface area contributed by atoms with Crippen LogP contribution >= 0.6 is 0 Å². The quantitative estimate of drug-likeness (QED) is 0.0760. The maximum Gasteiger partial charge on any atom is 0.212 e. The van der Waals surface area contributed by atoms with E-state index in [0.29, 0.717) is 6.07 Å². The van der Waals surface area contributed by atoms with Crippen LogP contribution < -0.4 is 18.9 Å². The maximum atomic E-state index is 11.0. The lowest BCUT2D eigenvalue weighted by molar-refractivity contribution is 0.334. The molecule has 0 unspecified atom stereocenters. The molecule has 0 bridgehead atoms. The highest BCUT2D eigenvalue weighted by Crippen LogP contribution is 2.56. The summed E-state index contributed by atoms with van der Waals surface area (Å²) in [5.74, 6) is -14.8. The summed E-state index contributed by atoms with van der Waals surface area (Å²) in [5, 5.41) is 145. The highest BCUT2D eigenvalue weighted by molar-refractivity contribution is 5.88. The number of ether oxygens (including phenoxy) is 4. The standard InChI is InChI=1S/C36H26O18/c37-13-1-14(38)3-18(2-13)52-36-28(53-33-23(45)6-16(40)7-24(33)46)8-17(41)9-29(36)54-34-25(47)10-19(11-26(34)48)51-35-27(49)12-22(44)31(32(35)50)30-20(42)4-15(39)5-21(30)43/h1-12,37-50H. The van der Waals surface area contributed by atoms with E-state index >= 15 is 0 Å². The topological polar surface area (TPSA) is 320 Å².